The molecule has 61 heavy (non-hydrogen) atoms. The molecule has 0 fully saturated rings. The Hall–Kier alpha value is -6.06. The molecule has 0 unspecified atom stereocenters. The van der Waals surface area contributed by atoms with Crippen LogP contribution in [0.5, 0.6) is 17.2 Å². The van der Waals surface area contributed by atoms with Crippen LogP contribution in [-0.4, -0.2) is 94.9 Å². The van der Waals surface area contributed by atoms with Gasteiger partial charge in [-0.1, -0.05) is 136 Å². The number of nitrogens with one attached hydrogen (secondary N) is 3. The maximum Gasteiger partial charge on any atom is 0.407 e. The average Bonchev–Trinajstić information content (AvgIpc) is 3.25. The second kappa shape index (κ2) is 48.3. The molecule has 0 aliphatic heterocycles. The van der Waals surface area contributed by atoms with E-state index in [1.165, 1.54) is 18.2 Å². The number of para-hydroxylation sites is 3. The zero-order valence-corrected chi connectivity index (χ0v) is 33.1. The Labute approximate surface area is 367 Å². The molecule has 7 N–H and O–H groups in total. The van der Waals surface area contributed by atoms with E-state index in [0.29, 0.717) is 38.6 Å². The smallest absolute Gasteiger partial charge is 0.407 e. The lowest BCUT2D eigenvalue weighted by Gasteiger charge is -2.10. The Kier molecular flexibility index (Phi) is 50.8. The number of aromatic hydroxyl groups is 1. The number of halogens is 1. The van der Waals surface area contributed by atoms with Crippen molar-refractivity contribution < 1.29 is 54.0 Å². The van der Waals surface area contributed by atoms with Gasteiger partial charge in [0.15, 0.2) is 0 Å². The van der Waals surface area contributed by atoms with Gasteiger partial charge in [-0.2, -0.15) is 0 Å². The number of carbonyl (C=O) groups is 3. The van der Waals surface area contributed by atoms with Gasteiger partial charge < -0.3 is 55.6 Å². The van der Waals surface area contributed by atoms with Crippen molar-refractivity contribution in [3.8, 4) is 17.2 Å². The lowest BCUT2D eigenvalue weighted by Crippen LogP contribution is -2.28. The van der Waals surface area contributed by atoms with E-state index in [4.69, 9.17) is 36.3 Å². The number of benzene rings is 3. The van der Waals surface area contributed by atoms with Gasteiger partial charge in [0.05, 0.1) is 28.2 Å². The number of alkyl carbamates (subject to hydrolysis) is 3. The van der Waals surface area contributed by atoms with E-state index in [0.717, 1.165) is 41.0 Å². The van der Waals surface area contributed by atoms with E-state index in [1.807, 2.05) is 73.7 Å². The number of ether oxygens (including phenoxy) is 5. The molecule has 14 nitrogen and oxygen atoms in total. The van der Waals surface area contributed by atoms with E-state index in [-0.39, 0.29) is 62.7 Å². The third-order valence-electron chi connectivity index (χ3n) is 6.55. The number of hydrogen-bond acceptors (Lipinski definition) is 11. The standard InChI is InChI=1S/C14H19NO3.C13H18N2O3.C8H10O.C6H11NO3.CH3F.4CH4/c1-3-10-18-14(16)15-9-11-17-13-8-6-5-7-12(13)4-2;1-2-8-18-13(16)15-7-9-17-12-6-4-3-5-11(12)10-14;1-2-7-5-3-4-6-8(7)9;1-2-5-10-6(9)7-3-4-8;1-2;;;;/h3,5-8H,1,4,9-11H2,2H3,(H,15,16);2-6H,1,7-10,14H2,(H,15,16);3-6,9H,2H2,1H3;2,8H,1,3-5H2,(H,7,9);1H3;4*1H4/i;;;;1D;;;;. The summed E-state index contributed by atoms with van der Waals surface area (Å²) in [4.78, 5) is 32.6. The van der Waals surface area contributed by atoms with Gasteiger partial charge in [0.25, 0.3) is 0 Å². The molecular weight excluding hydrogens is 788 g/mol. The molecule has 0 aliphatic rings. The number of aliphatic hydroxyl groups is 1. The summed E-state index contributed by atoms with van der Waals surface area (Å²) >= 11 is 0. The van der Waals surface area contributed by atoms with Crippen molar-refractivity contribution in [2.45, 2.75) is 62.9 Å². The number of amides is 3. The highest BCUT2D eigenvalue weighted by Gasteiger charge is 2.04. The summed E-state index contributed by atoms with van der Waals surface area (Å²) in [5, 5.41) is 24.8. The van der Waals surface area contributed by atoms with Crippen LogP contribution in [0.1, 0.15) is 61.6 Å². The largest absolute Gasteiger partial charge is 0.508 e. The molecule has 0 bridgehead atoms. The van der Waals surface area contributed by atoms with E-state index >= 15 is 0 Å². The fourth-order valence-electron chi connectivity index (χ4n) is 3.90. The molecule has 0 aromatic heterocycles. The highest BCUT2D eigenvalue weighted by molar-refractivity contribution is 5.67. The molecule has 0 radical (unpaired) electrons. The minimum absolute atomic E-state index is 0. The van der Waals surface area contributed by atoms with Crippen molar-refractivity contribution in [3.63, 3.8) is 0 Å². The van der Waals surface area contributed by atoms with Gasteiger partial charge in [-0.3, -0.25) is 4.39 Å². The Morgan fingerprint density at radius 3 is 1.34 bits per heavy atom. The Morgan fingerprint density at radius 1 is 0.656 bits per heavy atom. The van der Waals surface area contributed by atoms with Crippen LogP contribution >= 0.6 is 0 Å². The summed E-state index contributed by atoms with van der Waals surface area (Å²) in [5.74, 6) is 2.00. The summed E-state index contributed by atoms with van der Waals surface area (Å²) < 4.78 is 40.6. The van der Waals surface area contributed by atoms with Crippen molar-refractivity contribution in [2.24, 2.45) is 5.73 Å². The van der Waals surface area contributed by atoms with Gasteiger partial charge in [0.2, 0.25) is 0 Å². The quantitative estimate of drug-likeness (QED) is 0.0382. The lowest BCUT2D eigenvalue weighted by atomic mass is 10.1. The predicted molar refractivity (Wildman–Crippen MR) is 248 cm³/mol. The summed E-state index contributed by atoms with van der Waals surface area (Å²) in [6, 6.07) is 22.8. The van der Waals surface area contributed by atoms with Gasteiger partial charge in [0.1, 0.15) is 50.3 Å². The molecule has 0 saturated heterocycles. The average molecular weight is 866 g/mol. The van der Waals surface area contributed by atoms with Crippen LogP contribution in [0, 0.1) is 0 Å². The second-order valence-corrected chi connectivity index (χ2v) is 10.6. The van der Waals surface area contributed by atoms with Crippen molar-refractivity contribution in [1.82, 2.24) is 16.0 Å². The van der Waals surface area contributed by atoms with Crippen molar-refractivity contribution in [1.29, 1.82) is 0 Å². The number of phenolic OH excluding ortho intramolecular Hbond substituents is 1. The van der Waals surface area contributed by atoms with Gasteiger partial charge in [-0.25, -0.2) is 14.4 Å². The molecular formula is C46H77FN4O10. The molecule has 3 amide bonds. The van der Waals surface area contributed by atoms with E-state index in [9.17, 15) is 18.8 Å². The number of aliphatic hydroxyl groups excluding tert-OH is 1. The predicted octanol–water partition coefficient (Wildman–Crippen LogP) is 8.95. The molecule has 3 aromatic rings. The summed E-state index contributed by atoms with van der Waals surface area (Å²) in [6.45, 7) is 17.1. The molecule has 0 atom stereocenters. The molecule has 3 aromatic carbocycles. The van der Waals surface area contributed by atoms with Gasteiger partial charge in [-0.15, -0.1) is 0 Å². The zero-order valence-electron chi connectivity index (χ0n) is 34.1. The summed E-state index contributed by atoms with van der Waals surface area (Å²) in [5.41, 5.74) is 8.69. The normalized spacial score (nSPS) is 8.77. The monoisotopic (exact) mass is 866 g/mol. The highest BCUT2D eigenvalue weighted by Crippen LogP contribution is 2.18. The zero-order chi connectivity index (χ0) is 43.7. The van der Waals surface area contributed by atoms with Crippen LogP contribution in [0.15, 0.2) is 111 Å². The fraction of sp³-hybridized carbons (Fsp3) is 0.413. The van der Waals surface area contributed by atoms with Crippen molar-refractivity contribution >= 4 is 18.3 Å². The first kappa shape index (κ1) is 64.1. The maximum atomic E-state index is 11.1. The first-order valence-electron chi connectivity index (χ1n) is 18.7. The van der Waals surface area contributed by atoms with E-state index in [2.05, 4.69) is 47.3 Å². The molecule has 0 aliphatic carbocycles. The minimum Gasteiger partial charge on any atom is -0.508 e. The molecule has 0 heterocycles. The molecule has 0 saturated carbocycles. The van der Waals surface area contributed by atoms with Crippen LogP contribution < -0.4 is 31.2 Å². The molecule has 15 heteroatoms. The summed E-state index contributed by atoms with van der Waals surface area (Å²) in [6.07, 6.45) is 4.85. The Balaban J connectivity index is -0.000000167. The Morgan fingerprint density at radius 2 is 1.00 bits per heavy atom. The SMILES string of the molecule is C.C.C.C.C=CCOC(=O)NCCO.C=CCOC(=O)NCCOc1ccccc1CC.C=CCOC(=O)NCCOc1ccccc1CN.CCc1ccccc1O.[2H]CF. The molecule has 348 valence electrons. The number of alkyl halides is 1. The number of rotatable bonds is 19. The number of phenols is 1. The number of hydrogen-bond donors (Lipinski definition) is 6. The van der Waals surface area contributed by atoms with Crippen molar-refractivity contribution in [3.05, 3.63) is 127 Å². The fourth-order valence-corrected chi connectivity index (χ4v) is 3.90. The maximum absolute atomic E-state index is 11.1. The first-order valence-corrected chi connectivity index (χ1v) is 18.0. The van der Waals surface area contributed by atoms with Gasteiger partial charge in [0, 0.05) is 18.7 Å². The third-order valence-corrected chi connectivity index (χ3v) is 6.55. The molecule has 3 rings (SSSR count). The Bertz CT molecular complexity index is 1480. The van der Waals surface area contributed by atoms with Crippen LogP contribution in [0.25, 0.3) is 0 Å². The van der Waals surface area contributed by atoms with Crippen LogP contribution in [0.4, 0.5) is 18.8 Å². The van der Waals surface area contributed by atoms with Gasteiger partial charge in [-0.05, 0) is 42.2 Å². The third kappa shape index (κ3) is 36.7. The first-order chi connectivity index (χ1) is 28.1. The van der Waals surface area contributed by atoms with E-state index < -0.39 is 25.4 Å². The van der Waals surface area contributed by atoms with Crippen LogP contribution in [0.3, 0.4) is 0 Å². The second-order valence-electron chi connectivity index (χ2n) is 10.6. The number of nitrogens with two attached hydrogens (primary N) is 1. The topological polar surface area (TPSA) is 200 Å². The van der Waals surface area contributed by atoms with Crippen molar-refractivity contribution in [2.75, 3.05) is 66.4 Å². The van der Waals surface area contributed by atoms with E-state index in [1.54, 1.807) is 6.07 Å². The van der Waals surface area contributed by atoms with Crippen LogP contribution in [0.2, 0.25) is 0 Å². The highest BCUT2D eigenvalue weighted by atomic mass is 19.1. The number of aryl methyl sites for hydroxylation is 2. The minimum atomic E-state index is -1.00. The lowest BCUT2D eigenvalue weighted by molar-refractivity contribution is 0.154. The van der Waals surface area contributed by atoms with Crippen LogP contribution in [-0.2, 0) is 33.6 Å². The van der Waals surface area contributed by atoms with Gasteiger partial charge >= 0.3 is 18.3 Å². The number of carbonyl (C=O) groups excluding carboxylic acids is 3. The summed E-state index contributed by atoms with van der Waals surface area (Å²) in [7, 11) is -1.00. The molecule has 0 spiro atoms.